The van der Waals surface area contributed by atoms with Gasteiger partial charge in [-0.1, -0.05) is 24.4 Å². The number of carboxylic acids is 1. The van der Waals surface area contributed by atoms with Crippen LogP contribution in [0.2, 0.25) is 0 Å². The van der Waals surface area contributed by atoms with Gasteiger partial charge < -0.3 is 21.7 Å². The topological polar surface area (TPSA) is 110 Å². The third-order valence-corrected chi connectivity index (χ3v) is 2.27. The minimum Gasteiger partial charge on any atom is -0.478 e. The minimum absolute atomic E-state index is 0. The van der Waals surface area contributed by atoms with Crippen molar-refractivity contribution in [1.29, 1.82) is 0 Å². The molecule has 0 aromatic rings. The van der Waals surface area contributed by atoms with E-state index >= 15 is 0 Å². The summed E-state index contributed by atoms with van der Waals surface area (Å²) in [6.07, 6.45) is 4.80. The Morgan fingerprint density at radius 1 is 1.27 bits per heavy atom. The predicted molar refractivity (Wildman–Crippen MR) is 53.9 cm³/mol. The number of hydrogen-bond donors (Lipinski definition) is 4. The quantitative estimate of drug-likeness (QED) is 0.442. The maximum atomic E-state index is 9.32. The van der Waals surface area contributed by atoms with Gasteiger partial charge in [0.05, 0.1) is 0 Å². The summed E-state index contributed by atoms with van der Waals surface area (Å²) in [5.41, 5.74) is 9.55. The Hall–Kier alpha value is 0.328. The fourth-order valence-electron chi connectivity index (χ4n) is 1.19. The van der Waals surface area contributed by atoms with Crippen LogP contribution in [0.1, 0.15) is 25.7 Å². The molecular formula is C8H17ClN2O3Pt. The Labute approximate surface area is 108 Å². The van der Waals surface area contributed by atoms with Crippen LogP contribution in [0, 0.1) is 0 Å². The molecule has 1 aliphatic rings. The van der Waals surface area contributed by atoms with Crippen molar-refractivity contribution < 1.29 is 36.1 Å². The van der Waals surface area contributed by atoms with Crippen molar-refractivity contribution in [2.24, 2.45) is 11.5 Å². The van der Waals surface area contributed by atoms with Crippen LogP contribution in [-0.4, -0.2) is 33.8 Å². The van der Waals surface area contributed by atoms with E-state index < -0.39 is 11.5 Å². The third-order valence-electron chi connectivity index (χ3n) is 2.08. The molecule has 94 valence electrons. The molecule has 0 bridgehead atoms. The van der Waals surface area contributed by atoms with Gasteiger partial charge >= 0.3 is 5.97 Å². The summed E-state index contributed by atoms with van der Waals surface area (Å²) in [7, 11) is 0. The number of aliphatic carboxylic acids is 1. The van der Waals surface area contributed by atoms with Gasteiger partial charge in [-0.25, -0.2) is 4.79 Å². The van der Waals surface area contributed by atoms with E-state index in [-0.39, 0.29) is 33.1 Å². The van der Waals surface area contributed by atoms with Crippen LogP contribution in [0.4, 0.5) is 0 Å². The molecule has 6 N–H and O–H groups in total. The first-order chi connectivity index (χ1) is 6.45. The fraction of sp³-hybridized carbons (Fsp3) is 0.875. The summed E-state index contributed by atoms with van der Waals surface area (Å²) < 4.78 is 0. The Morgan fingerprint density at radius 2 is 1.53 bits per heavy atom. The maximum Gasteiger partial charge on any atom is 0.348 e. The minimum atomic E-state index is -1.76. The number of rotatable bonds is 1. The van der Waals surface area contributed by atoms with Gasteiger partial charge in [-0.3, -0.25) is 0 Å². The van der Waals surface area contributed by atoms with Crippen LogP contribution in [0.15, 0.2) is 0 Å². The van der Waals surface area contributed by atoms with Gasteiger partial charge in [-0.05, 0) is 12.8 Å². The van der Waals surface area contributed by atoms with E-state index in [1.807, 2.05) is 0 Å². The average molecular weight is 420 g/mol. The summed E-state index contributed by atoms with van der Waals surface area (Å²) in [4.78, 5) is 9.32. The van der Waals surface area contributed by atoms with E-state index in [2.05, 4.69) is 11.6 Å². The van der Waals surface area contributed by atoms with Crippen molar-refractivity contribution in [1.82, 2.24) is 0 Å². The summed E-state index contributed by atoms with van der Waals surface area (Å²) in [5, 5.41) is 15.4. The Kier molecular flexibility index (Phi) is 11.3. The Morgan fingerprint density at radius 3 is 1.67 bits per heavy atom. The van der Waals surface area contributed by atoms with Gasteiger partial charge in [0.25, 0.3) is 0 Å². The molecule has 15 heavy (non-hydrogen) atoms. The molecule has 1 saturated carbocycles. The van der Waals surface area contributed by atoms with Crippen molar-refractivity contribution >= 4 is 17.6 Å². The van der Waals surface area contributed by atoms with Crippen LogP contribution in [-0.2, 0) is 25.9 Å². The first-order valence-corrected chi connectivity index (χ1v) is 4.95. The van der Waals surface area contributed by atoms with E-state index in [4.69, 9.17) is 21.7 Å². The van der Waals surface area contributed by atoms with Gasteiger partial charge in [0.2, 0.25) is 5.56 Å². The van der Waals surface area contributed by atoms with Crippen LogP contribution in [0.3, 0.4) is 0 Å². The molecule has 0 radical (unpaired) electrons. The molecule has 1 aliphatic carbocycles. The SMILES string of the molecule is N[C@@H]1CCCC[C@H]1N.O=C(O)C(O)Cl.[Pt]. The summed E-state index contributed by atoms with van der Waals surface area (Å²) in [6.45, 7) is 0. The van der Waals surface area contributed by atoms with Gasteiger partial charge in [0, 0.05) is 33.1 Å². The zero-order valence-electron chi connectivity index (χ0n) is 8.21. The van der Waals surface area contributed by atoms with E-state index in [1.54, 1.807) is 0 Å². The van der Waals surface area contributed by atoms with Crippen LogP contribution < -0.4 is 11.5 Å². The predicted octanol–water partition coefficient (Wildman–Crippen LogP) is -0.159. The molecule has 0 aliphatic heterocycles. The number of nitrogens with two attached hydrogens (primary N) is 2. The molecule has 0 aromatic carbocycles. The average Bonchev–Trinajstić information content (AvgIpc) is 2.11. The van der Waals surface area contributed by atoms with Crippen LogP contribution in [0.25, 0.3) is 0 Å². The Bertz CT molecular complexity index is 173. The molecular weight excluding hydrogens is 403 g/mol. The molecule has 0 saturated heterocycles. The molecule has 0 amide bonds. The molecule has 5 nitrogen and oxygen atoms in total. The van der Waals surface area contributed by atoms with Crippen molar-refractivity contribution in [2.75, 3.05) is 0 Å². The van der Waals surface area contributed by atoms with Gasteiger partial charge in [-0.15, -0.1) is 0 Å². The molecule has 1 fully saturated rings. The smallest absolute Gasteiger partial charge is 0.348 e. The number of alkyl halides is 1. The second-order valence-electron chi connectivity index (χ2n) is 3.29. The van der Waals surface area contributed by atoms with Crippen molar-refractivity contribution in [3.8, 4) is 0 Å². The van der Waals surface area contributed by atoms with Crippen LogP contribution in [0.5, 0.6) is 0 Å². The van der Waals surface area contributed by atoms with Gasteiger partial charge in [0.15, 0.2) is 0 Å². The monoisotopic (exact) mass is 419 g/mol. The molecule has 1 rings (SSSR count). The molecule has 0 heterocycles. The van der Waals surface area contributed by atoms with Gasteiger partial charge in [-0.2, -0.15) is 0 Å². The first-order valence-electron chi connectivity index (χ1n) is 4.51. The number of hydrogen-bond acceptors (Lipinski definition) is 4. The zero-order chi connectivity index (χ0) is 11.1. The van der Waals surface area contributed by atoms with Gasteiger partial charge in [0.1, 0.15) is 0 Å². The number of aliphatic hydroxyl groups excluding tert-OH is 1. The van der Waals surface area contributed by atoms with Crippen LogP contribution >= 0.6 is 11.6 Å². The number of carboxylic acid groups (broad SMARTS) is 1. The van der Waals surface area contributed by atoms with Crippen molar-refractivity contribution in [3.63, 3.8) is 0 Å². The molecule has 0 aromatic heterocycles. The standard InChI is InChI=1S/C6H14N2.C2H3ClO3.Pt/c7-5-3-1-2-4-6(5)8;3-1(4)2(5)6;/h5-6H,1-4,7-8H2;1,4H,(H,5,6);/t5-,6-;;/m1../s1. The summed E-state index contributed by atoms with van der Waals surface area (Å²) in [6, 6.07) is 0.562. The number of halogens is 1. The fourth-order valence-corrected chi connectivity index (χ4v) is 1.19. The van der Waals surface area contributed by atoms with E-state index in [0.717, 1.165) is 12.8 Å². The van der Waals surface area contributed by atoms with E-state index in [9.17, 15) is 4.79 Å². The van der Waals surface area contributed by atoms with Crippen molar-refractivity contribution in [2.45, 2.75) is 43.3 Å². The number of aliphatic hydroxyl groups is 1. The molecule has 1 unspecified atom stereocenters. The first kappa shape index (κ1) is 17.7. The summed E-state index contributed by atoms with van der Waals surface area (Å²) in [5.74, 6) is -1.42. The Balaban J connectivity index is 0. The normalized spacial score (nSPS) is 26.7. The molecule has 7 heteroatoms. The second-order valence-corrected chi connectivity index (χ2v) is 3.70. The maximum absolute atomic E-state index is 9.32. The zero-order valence-corrected chi connectivity index (χ0v) is 11.2. The third kappa shape index (κ3) is 9.27. The second kappa shape index (κ2) is 9.55. The molecule has 0 spiro atoms. The van der Waals surface area contributed by atoms with Crippen molar-refractivity contribution in [3.05, 3.63) is 0 Å². The largest absolute Gasteiger partial charge is 0.478 e. The number of carbonyl (C=O) groups is 1. The van der Waals surface area contributed by atoms with E-state index in [0.29, 0.717) is 0 Å². The summed E-state index contributed by atoms with van der Waals surface area (Å²) >= 11 is 4.57. The molecule has 3 atom stereocenters. The van der Waals surface area contributed by atoms with E-state index in [1.165, 1.54) is 12.8 Å².